The molecule has 0 aliphatic carbocycles. The lowest BCUT2D eigenvalue weighted by atomic mass is 10.1. The molecule has 144 valence electrons. The molecule has 8 heteroatoms. The molecular formula is C20H21FN6O. The van der Waals surface area contributed by atoms with Gasteiger partial charge < -0.3 is 10.5 Å². The molecule has 1 aliphatic heterocycles. The Kier molecular flexibility index (Phi) is 5.23. The highest BCUT2D eigenvalue weighted by atomic mass is 19.1. The van der Waals surface area contributed by atoms with Gasteiger partial charge in [-0.15, -0.1) is 0 Å². The Hall–Kier alpha value is -2.97. The topological polar surface area (TPSA) is 88.2 Å². The van der Waals surface area contributed by atoms with Crippen molar-refractivity contribution >= 4 is 23.1 Å². The van der Waals surface area contributed by atoms with Crippen LogP contribution in [-0.4, -0.2) is 63.8 Å². The summed E-state index contributed by atoms with van der Waals surface area (Å²) in [6, 6.07) is 8.60. The Morgan fingerprint density at radius 3 is 2.64 bits per heavy atom. The van der Waals surface area contributed by atoms with Crippen LogP contribution in [0.25, 0.3) is 22.3 Å². The van der Waals surface area contributed by atoms with Gasteiger partial charge in [-0.1, -0.05) is 0 Å². The molecule has 1 fully saturated rings. The number of benzene rings is 1. The molecule has 0 amide bonds. The van der Waals surface area contributed by atoms with Crippen molar-refractivity contribution in [3.8, 4) is 11.3 Å². The minimum absolute atomic E-state index is 0.300. The summed E-state index contributed by atoms with van der Waals surface area (Å²) < 4.78 is 14.3. The van der Waals surface area contributed by atoms with Gasteiger partial charge in [-0.2, -0.15) is 0 Å². The molecule has 7 nitrogen and oxygen atoms in total. The highest BCUT2D eigenvalue weighted by molar-refractivity contribution is 5.85. The molecule has 0 radical (unpaired) electrons. The van der Waals surface area contributed by atoms with Gasteiger partial charge >= 0.3 is 0 Å². The average Bonchev–Trinajstić information content (AvgIpc) is 2.69. The van der Waals surface area contributed by atoms with E-state index in [1.165, 1.54) is 12.4 Å². The number of carbonyl (C=O) groups is 1. The number of hydrogen-bond acceptors (Lipinski definition) is 7. The van der Waals surface area contributed by atoms with Crippen molar-refractivity contribution in [2.45, 2.75) is 6.54 Å². The fourth-order valence-electron chi connectivity index (χ4n) is 3.50. The van der Waals surface area contributed by atoms with E-state index < -0.39 is 0 Å². The third-order valence-electron chi connectivity index (χ3n) is 4.97. The maximum absolute atomic E-state index is 14.3. The summed E-state index contributed by atoms with van der Waals surface area (Å²) >= 11 is 0. The first-order chi connectivity index (χ1) is 13.6. The Morgan fingerprint density at radius 2 is 1.86 bits per heavy atom. The highest BCUT2D eigenvalue weighted by Crippen LogP contribution is 2.24. The molecule has 0 atom stereocenters. The van der Waals surface area contributed by atoms with Gasteiger partial charge in [0.15, 0.2) is 5.82 Å². The zero-order chi connectivity index (χ0) is 19.5. The second-order valence-electron chi connectivity index (χ2n) is 6.91. The van der Waals surface area contributed by atoms with E-state index in [4.69, 9.17) is 5.73 Å². The van der Waals surface area contributed by atoms with Crippen molar-refractivity contribution in [1.29, 1.82) is 0 Å². The summed E-state index contributed by atoms with van der Waals surface area (Å²) in [5.41, 5.74) is 9.28. The first-order valence-corrected chi connectivity index (χ1v) is 9.18. The number of nitrogens with two attached hydrogens (primary N) is 1. The number of aromatic nitrogens is 3. The smallest absolute Gasteiger partial charge is 0.153 e. The van der Waals surface area contributed by atoms with Crippen molar-refractivity contribution in [1.82, 2.24) is 24.8 Å². The number of piperazine rings is 1. The molecule has 3 aromatic rings. The highest BCUT2D eigenvalue weighted by Gasteiger charge is 2.17. The third kappa shape index (κ3) is 3.97. The molecule has 0 bridgehead atoms. The molecule has 3 heterocycles. The molecule has 0 spiro atoms. The van der Waals surface area contributed by atoms with Crippen molar-refractivity contribution in [2.75, 3.05) is 38.5 Å². The molecule has 0 unspecified atom stereocenters. The number of hydrogen-bond donors (Lipinski definition) is 1. The third-order valence-corrected chi connectivity index (χ3v) is 4.97. The van der Waals surface area contributed by atoms with E-state index in [1.54, 1.807) is 6.07 Å². The van der Waals surface area contributed by atoms with Crippen LogP contribution in [0.2, 0.25) is 0 Å². The summed E-state index contributed by atoms with van der Waals surface area (Å²) in [5.74, 6) is 0.00273. The van der Waals surface area contributed by atoms with Gasteiger partial charge in [0.2, 0.25) is 0 Å². The predicted octanol–water partition coefficient (Wildman–Crippen LogP) is 1.73. The normalized spacial score (nSPS) is 15.8. The van der Waals surface area contributed by atoms with Crippen molar-refractivity contribution in [2.24, 2.45) is 0 Å². The van der Waals surface area contributed by atoms with Gasteiger partial charge in [0.05, 0.1) is 17.8 Å². The number of carbonyl (C=O) groups excluding carboxylic acids is 1. The van der Waals surface area contributed by atoms with Crippen LogP contribution in [0.5, 0.6) is 0 Å². The Balaban J connectivity index is 1.56. The molecular weight excluding hydrogens is 359 g/mol. The lowest BCUT2D eigenvalue weighted by Gasteiger charge is -2.33. The van der Waals surface area contributed by atoms with Crippen LogP contribution in [0.1, 0.15) is 5.56 Å². The van der Waals surface area contributed by atoms with E-state index in [2.05, 4.69) is 24.8 Å². The van der Waals surface area contributed by atoms with Crippen LogP contribution in [-0.2, 0) is 11.3 Å². The number of pyridine rings is 1. The summed E-state index contributed by atoms with van der Waals surface area (Å²) in [7, 11) is 0. The fraction of sp³-hybridized carbons (Fsp3) is 0.300. The quantitative estimate of drug-likeness (QED) is 0.675. The van der Waals surface area contributed by atoms with Crippen LogP contribution in [0.3, 0.4) is 0 Å². The number of anilines is 1. The number of nitrogens with zero attached hydrogens (tertiary/aromatic N) is 5. The van der Waals surface area contributed by atoms with Gasteiger partial charge in [0.25, 0.3) is 0 Å². The van der Waals surface area contributed by atoms with Crippen LogP contribution in [0, 0.1) is 5.82 Å². The second-order valence-corrected chi connectivity index (χ2v) is 6.91. The first kappa shape index (κ1) is 18.4. The molecule has 2 aromatic heterocycles. The minimum atomic E-state index is -0.300. The predicted molar refractivity (Wildman–Crippen MR) is 105 cm³/mol. The van der Waals surface area contributed by atoms with E-state index in [0.29, 0.717) is 41.2 Å². The maximum Gasteiger partial charge on any atom is 0.153 e. The van der Waals surface area contributed by atoms with E-state index in [0.717, 1.165) is 38.0 Å². The first-order valence-electron chi connectivity index (χ1n) is 9.18. The van der Waals surface area contributed by atoms with Crippen LogP contribution in [0.4, 0.5) is 10.2 Å². The number of fused-ring (bicyclic) bond motifs is 1. The largest absolute Gasteiger partial charge is 0.382 e. The zero-order valence-electron chi connectivity index (χ0n) is 15.4. The number of halogens is 1. The number of aldehydes is 1. The van der Waals surface area contributed by atoms with Gasteiger partial charge in [-0.3, -0.25) is 9.80 Å². The monoisotopic (exact) mass is 380 g/mol. The standard InChI is InChI=1S/C20H21FN6O/c21-16-10-14(12-27-5-3-26(4-6-27)7-8-28)9-15(11-16)17-1-2-18-19(25-17)20(22)24-13-23-18/h1-2,8-11,13H,3-7,12H2,(H2,22,23,24). The van der Waals surface area contributed by atoms with E-state index in [-0.39, 0.29) is 5.82 Å². The SMILES string of the molecule is Nc1ncnc2ccc(-c3cc(F)cc(CN4CCN(CC=O)CC4)c3)nc12. The molecule has 1 saturated heterocycles. The maximum atomic E-state index is 14.3. The Labute approximate surface area is 162 Å². The zero-order valence-corrected chi connectivity index (χ0v) is 15.4. The van der Waals surface area contributed by atoms with E-state index >= 15 is 0 Å². The van der Waals surface area contributed by atoms with E-state index in [9.17, 15) is 9.18 Å². The van der Waals surface area contributed by atoms with Gasteiger partial charge in [-0.05, 0) is 35.9 Å². The van der Waals surface area contributed by atoms with Crippen molar-refractivity contribution in [3.63, 3.8) is 0 Å². The summed E-state index contributed by atoms with van der Waals surface area (Å²) in [4.78, 5) is 27.7. The molecule has 1 aromatic carbocycles. The van der Waals surface area contributed by atoms with Crippen molar-refractivity contribution < 1.29 is 9.18 Å². The average molecular weight is 380 g/mol. The summed E-state index contributed by atoms with van der Waals surface area (Å²) in [6.45, 7) is 4.50. The molecule has 1 aliphatic rings. The summed E-state index contributed by atoms with van der Waals surface area (Å²) in [6.07, 6.45) is 2.33. The molecule has 28 heavy (non-hydrogen) atoms. The molecule has 0 saturated carbocycles. The lowest BCUT2D eigenvalue weighted by Crippen LogP contribution is -2.46. The molecule has 2 N–H and O–H groups in total. The minimum Gasteiger partial charge on any atom is -0.382 e. The second kappa shape index (κ2) is 7.95. The van der Waals surface area contributed by atoms with Gasteiger partial charge in [0.1, 0.15) is 23.9 Å². The Morgan fingerprint density at radius 1 is 1.07 bits per heavy atom. The Bertz CT molecular complexity index is 1000. The summed E-state index contributed by atoms with van der Waals surface area (Å²) in [5, 5.41) is 0. The fourth-order valence-corrected chi connectivity index (χ4v) is 3.50. The molecule has 4 rings (SSSR count). The van der Waals surface area contributed by atoms with Crippen LogP contribution in [0.15, 0.2) is 36.7 Å². The number of rotatable bonds is 5. The van der Waals surface area contributed by atoms with Gasteiger partial charge in [0, 0.05) is 38.3 Å². The van der Waals surface area contributed by atoms with E-state index in [1.807, 2.05) is 18.2 Å². The van der Waals surface area contributed by atoms with Gasteiger partial charge in [-0.25, -0.2) is 19.3 Å². The van der Waals surface area contributed by atoms with Crippen LogP contribution >= 0.6 is 0 Å². The van der Waals surface area contributed by atoms with Crippen molar-refractivity contribution in [3.05, 3.63) is 48.0 Å². The van der Waals surface area contributed by atoms with Crippen LogP contribution < -0.4 is 5.73 Å². The lowest BCUT2D eigenvalue weighted by molar-refractivity contribution is -0.109. The number of nitrogen functional groups attached to an aromatic ring is 1.